The Kier molecular flexibility index (Phi) is 6.21. The largest absolute Gasteiger partial charge is 0.493 e. The zero-order valence-electron chi connectivity index (χ0n) is 16.6. The predicted octanol–water partition coefficient (Wildman–Crippen LogP) is 7.26. The first-order valence-electron chi connectivity index (χ1n) is 10.1. The molecule has 0 unspecified atom stereocenters. The summed E-state index contributed by atoms with van der Waals surface area (Å²) in [5.74, 6) is 1.59. The van der Waals surface area contributed by atoms with Crippen molar-refractivity contribution in [3.05, 3.63) is 94.5 Å². The zero-order valence-corrected chi connectivity index (χ0v) is 17.4. The van der Waals surface area contributed by atoms with Crippen molar-refractivity contribution in [2.24, 2.45) is 0 Å². The van der Waals surface area contributed by atoms with Crippen LogP contribution in [0.25, 0.3) is 11.6 Å². The minimum Gasteiger partial charge on any atom is -0.493 e. The van der Waals surface area contributed by atoms with Gasteiger partial charge in [-0.2, -0.15) is 0 Å². The number of halogens is 1. The second-order valence-electron chi connectivity index (χ2n) is 7.37. The highest BCUT2D eigenvalue weighted by Crippen LogP contribution is 2.36. The summed E-state index contributed by atoms with van der Waals surface area (Å²) in [5, 5.41) is 0.736. The fraction of sp³-hybridized carbons (Fsp3) is 0.231. The molecule has 0 aromatic heterocycles. The van der Waals surface area contributed by atoms with Gasteiger partial charge in [-0.1, -0.05) is 60.1 Å². The molecule has 1 fully saturated rings. The van der Waals surface area contributed by atoms with E-state index in [1.165, 1.54) is 12.8 Å². The highest BCUT2D eigenvalue weighted by Gasteiger charge is 2.19. The van der Waals surface area contributed by atoms with Crippen molar-refractivity contribution in [2.45, 2.75) is 31.8 Å². The molecule has 0 N–H and O–H groups in total. The smallest absolute Gasteiger partial charge is 0.162 e. The van der Waals surface area contributed by atoms with Crippen LogP contribution in [0, 0.1) is 0 Å². The van der Waals surface area contributed by atoms with Crippen LogP contribution in [0.3, 0.4) is 0 Å². The van der Waals surface area contributed by atoms with Crippen LogP contribution in [0.2, 0.25) is 5.02 Å². The van der Waals surface area contributed by atoms with E-state index in [4.69, 9.17) is 21.1 Å². The lowest BCUT2D eigenvalue weighted by Crippen LogP contribution is -2.11. The second kappa shape index (κ2) is 9.19. The molecule has 0 saturated heterocycles. The molecule has 1 aliphatic carbocycles. The summed E-state index contributed by atoms with van der Waals surface area (Å²) in [6.45, 7) is 0. The van der Waals surface area contributed by atoms with Crippen molar-refractivity contribution in [3.63, 3.8) is 0 Å². The molecule has 3 aromatic carbocycles. The Morgan fingerprint density at radius 3 is 2.28 bits per heavy atom. The van der Waals surface area contributed by atoms with Crippen LogP contribution in [-0.4, -0.2) is 13.2 Å². The van der Waals surface area contributed by atoms with E-state index in [0.717, 1.165) is 51.6 Å². The lowest BCUT2D eigenvalue weighted by molar-refractivity contribution is 0.201. The molecule has 2 nitrogen and oxygen atoms in total. The van der Waals surface area contributed by atoms with Gasteiger partial charge in [-0.05, 0) is 78.3 Å². The molecule has 29 heavy (non-hydrogen) atoms. The van der Waals surface area contributed by atoms with E-state index in [1.54, 1.807) is 7.11 Å². The van der Waals surface area contributed by atoms with E-state index in [2.05, 4.69) is 42.5 Å². The van der Waals surface area contributed by atoms with E-state index in [9.17, 15) is 0 Å². The van der Waals surface area contributed by atoms with Crippen molar-refractivity contribution < 1.29 is 9.47 Å². The van der Waals surface area contributed by atoms with Crippen LogP contribution in [0.5, 0.6) is 11.5 Å². The third-order valence-electron chi connectivity index (χ3n) is 5.34. The van der Waals surface area contributed by atoms with E-state index >= 15 is 0 Å². The normalized spacial score (nSPS) is 14.8. The van der Waals surface area contributed by atoms with Gasteiger partial charge in [0, 0.05) is 5.02 Å². The highest BCUT2D eigenvalue weighted by molar-refractivity contribution is 6.30. The molecular formula is C26H25ClO2. The summed E-state index contributed by atoms with van der Waals surface area (Å²) < 4.78 is 11.9. The van der Waals surface area contributed by atoms with Crippen LogP contribution >= 0.6 is 11.6 Å². The molecule has 148 valence electrons. The molecule has 0 radical (unpaired) electrons. The van der Waals surface area contributed by atoms with E-state index in [-0.39, 0.29) is 6.10 Å². The molecule has 0 heterocycles. The van der Waals surface area contributed by atoms with Gasteiger partial charge in [0.05, 0.1) is 13.2 Å². The van der Waals surface area contributed by atoms with Gasteiger partial charge in [-0.25, -0.2) is 0 Å². The molecule has 1 saturated carbocycles. The van der Waals surface area contributed by atoms with E-state index < -0.39 is 0 Å². The zero-order chi connectivity index (χ0) is 20.1. The average molecular weight is 405 g/mol. The van der Waals surface area contributed by atoms with Gasteiger partial charge in [0.25, 0.3) is 0 Å². The summed E-state index contributed by atoms with van der Waals surface area (Å²) >= 11 is 6.07. The molecule has 0 atom stereocenters. The van der Waals surface area contributed by atoms with Crippen LogP contribution in [0.15, 0.2) is 72.8 Å². The highest BCUT2D eigenvalue weighted by atomic mass is 35.5. The van der Waals surface area contributed by atoms with Gasteiger partial charge < -0.3 is 9.47 Å². The van der Waals surface area contributed by atoms with Gasteiger partial charge in [-0.15, -0.1) is 0 Å². The topological polar surface area (TPSA) is 18.5 Å². The van der Waals surface area contributed by atoms with E-state index in [1.807, 2.05) is 36.4 Å². The Morgan fingerprint density at radius 1 is 0.862 bits per heavy atom. The second-order valence-corrected chi connectivity index (χ2v) is 7.80. The number of hydrogen-bond acceptors (Lipinski definition) is 2. The number of ether oxygens (including phenoxy) is 2. The summed E-state index contributed by atoms with van der Waals surface area (Å²) in [6, 6.07) is 24.5. The summed E-state index contributed by atoms with van der Waals surface area (Å²) in [7, 11) is 1.69. The molecule has 0 bridgehead atoms. The van der Waals surface area contributed by atoms with E-state index in [0.29, 0.717) is 0 Å². The van der Waals surface area contributed by atoms with Gasteiger partial charge in [-0.3, -0.25) is 0 Å². The maximum Gasteiger partial charge on any atom is 0.162 e. The Morgan fingerprint density at radius 2 is 1.59 bits per heavy atom. The third-order valence-corrected chi connectivity index (χ3v) is 5.59. The van der Waals surface area contributed by atoms with Gasteiger partial charge in [0.15, 0.2) is 11.5 Å². The summed E-state index contributed by atoms with van der Waals surface area (Å²) in [6.07, 6.45) is 7.16. The van der Waals surface area contributed by atoms with Crippen molar-refractivity contribution in [3.8, 4) is 11.5 Å². The van der Waals surface area contributed by atoms with Crippen LogP contribution < -0.4 is 9.47 Å². The SMILES string of the molecule is COc1ccc(C(=Cc2ccc(Cl)cc2)c2ccccc2)cc1OC1CCCC1. The van der Waals surface area contributed by atoms with Crippen LogP contribution in [-0.2, 0) is 0 Å². The molecule has 4 rings (SSSR count). The van der Waals surface area contributed by atoms with Crippen molar-refractivity contribution in [2.75, 3.05) is 7.11 Å². The predicted molar refractivity (Wildman–Crippen MR) is 121 cm³/mol. The van der Waals surface area contributed by atoms with Crippen molar-refractivity contribution >= 4 is 23.3 Å². The maximum atomic E-state index is 6.32. The lowest BCUT2D eigenvalue weighted by atomic mass is 9.95. The van der Waals surface area contributed by atoms with Gasteiger partial charge in [0.2, 0.25) is 0 Å². The molecule has 0 aliphatic heterocycles. The lowest BCUT2D eigenvalue weighted by Gasteiger charge is -2.18. The molecular weight excluding hydrogens is 380 g/mol. The molecule has 3 aromatic rings. The Labute approximate surface area is 177 Å². The first-order chi connectivity index (χ1) is 14.2. The molecule has 3 heteroatoms. The minimum atomic E-state index is 0.277. The molecule has 1 aliphatic rings. The summed E-state index contributed by atoms with van der Waals surface area (Å²) in [5.41, 5.74) is 4.48. The first kappa shape index (κ1) is 19.6. The third kappa shape index (κ3) is 4.83. The Bertz CT molecular complexity index is 971. The van der Waals surface area contributed by atoms with Gasteiger partial charge >= 0.3 is 0 Å². The van der Waals surface area contributed by atoms with Crippen LogP contribution in [0.4, 0.5) is 0 Å². The number of benzene rings is 3. The molecule has 0 spiro atoms. The standard InChI is InChI=1S/C26H25ClO2/c1-28-25-16-13-21(18-26(25)29-23-9-5-6-10-23)24(20-7-3-2-4-8-20)17-19-11-14-22(27)15-12-19/h2-4,7-8,11-18,23H,5-6,9-10H2,1H3. The molecule has 0 amide bonds. The van der Waals surface area contributed by atoms with Gasteiger partial charge in [0.1, 0.15) is 0 Å². The monoisotopic (exact) mass is 404 g/mol. The first-order valence-corrected chi connectivity index (χ1v) is 10.5. The Balaban J connectivity index is 1.76. The number of rotatable bonds is 6. The number of hydrogen-bond donors (Lipinski definition) is 0. The fourth-order valence-electron chi connectivity index (χ4n) is 3.80. The van der Waals surface area contributed by atoms with Crippen LogP contribution in [0.1, 0.15) is 42.4 Å². The minimum absolute atomic E-state index is 0.277. The maximum absolute atomic E-state index is 6.32. The number of methoxy groups -OCH3 is 1. The Hall–Kier alpha value is -2.71. The average Bonchev–Trinajstić information content (AvgIpc) is 3.27. The van der Waals surface area contributed by atoms with Crippen molar-refractivity contribution in [1.29, 1.82) is 0 Å². The quantitative estimate of drug-likeness (QED) is 0.402. The van der Waals surface area contributed by atoms with Crippen molar-refractivity contribution in [1.82, 2.24) is 0 Å². The summed E-state index contributed by atoms with van der Waals surface area (Å²) in [4.78, 5) is 0. The fourth-order valence-corrected chi connectivity index (χ4v) is 3.92.